The second-order valence-corrected chi connectivity index (χ2v) is 5.04. The van der Waals surface area contributed by atoms with Gasteiger partial charge in [0.15, 0.2) is 0 Å². The summed E-state index contributed by atoms with van der Waals surface area (Å²) in [6, 6.07) is 14.6. The summed E-state index contributed by atoms with van der Waals surface area (Å²) < 4.78 is 13.3. The van der Waals surface area contributed by atoms with Gasteiger partial charge in [0.25, 0.3) is 0 Å². The van der Waals surface area contributed by atoms with Crippen molar-refractivity contribution in [2.24, 2.45) is 0 Å². The van der Waals surface area contributed by atoms with E-state index in [-0.39, 0.29) is 5.82 Å². The van der Waals surface area contributed by atoms with E-state index < -0.39 is 0 Å². The highest BCUT2D eigenvalue weighted by molar-refractivity contribution is 5.74. The summed E-state index contributed by atoms with van der Waals surface area (Å²) in [5, 5.41) is 3.18. The fraction of sp³-hybridized carbons (Fsp3) is 0.0588. The van der Waals surface area contributed by atoms with Gasteiger partial charge in [-0.3, -0.25) is 0 Å². The van der Waals surface area contributed by atoms with E-state index in [1.807, 2.05) is 36.5 Å². The summed E-state index contributed by atoms with van der Waals surface area (Å²) in [6.07, 6.45) is 2.50. The zero-order chi connectivity index (χ0) is 14.2. The summed E-state index contributed by atoms with van der Waals surface area (Å²) in [6.45, 7) is 0. The summed E-state index contributed by atoms with van der Waals surface area (Å²) in [4.78, 5) is 8.91. The Kier molecular flexibility index (Phi) is 2.67. The zero-order valence-electron chi connectivity index (χ0n) is 11.2. The molecule has 3 nitrogen and oxygen atoms in total. The lowest BCUT2D eigenvalue weighted by Crippen LogP contribution is -1.98. The van der Waals surface area contributed by atoms with E-state index in [2.05, 4.69) is 15.3 Å². The third-order valence-electron chi connectivity index (χ3n) is 3.60. The first-order valence-corrected chi connectivity index (χ1v) is 6.76. The van der Waals surface area contributed by atoms with Gasteiger partial charge >= 0.3 is 0 Å². The molecule has 1 N–H and O–H groups in total. The monoisotopic (exact) mass is 277 g/mol. The second kappa shape index (κ2) is 4.66. The van der Waals surface area contributed by atoms with E-state index >= 15 is 0 Å². The van der Waals surface area contributed by atoms with Crippen molar-refractivity contribution in [3.8, 4) is 11.3 Å². The van der Waals surface area contributed by atoms with Crippen molar-refractivity contribution < 1.29 is 4.39 Å². The zero-order valence-corrected chi connectivity index (χ0v) is 11.2. The van der Waals surface area contributed by atoms with Gasteiger partial charge in [-0.2, -0.15) is 0 Å². The maximum atomic E-state index is 13.3. The first kappa shape index (κ1) is 12.0. The highest BCUT2D eigenvalue weighted by Crippen LogP contribution is 2.35. The molecule has 4 rings (SSSR count). The summed E-state index contributed by atoms with van der Waals surface area (Å²) in [7, 11) is 0. The fourth-order valence-corrected chi connectivity index (χ4v) is 2.62. The largest absolute Gasteiger partial charge is 0.324 e. The number of nitrogens with zero attached hydrogens (tertiary/aromatic N) is 2. The minimum Gasteiger partial charge on any atom is -0.324 e. The average Bonchev–Trinajstić information content (AvgIpc) is 2.85. The van der Waals surface area contributed by atoms with Gasteiger partial charge in [-0.25, -0.2) is 14.4 Å². The molecule has 102 valence electrons. The molecular formula is C17H12FN3. The van der Waals surface area contributed by atoms with Crippen molar-refractivity contribution in [3.05, 3.63) is 71.7 Å². The van der Waals surface area contributed by atoms with E-state index in [1.165, 1.54) is 6.07 Å². The van der Waals surface area contributed by atoms with Gasteiger partial charge in [0.2, 0.25) is 5.95 Å². The van der Waals surface area contributed by atoms with Crippen LogP contribution >= 0.6 is 0 Å². The van der Waals surface area contributed by atoms with Gasteiger partial charge in [-0.05, 0) is 35.9 Å². The predicted octanol–water partition coefficient (Wildman–Crippen LogP) is 3.93. The molecule has 0 fully saturated rings. The molecule has 0 radical (unpaired) electrons. The average molecular weight is 277 g/mol. The van der Waals surface area contributed by atoms with Gasteiger partial charge in [0, 0.05) is 29.4 Å². The second-order valence-electron chi connectivity index (χ2n) is 5.04. The van der Waals surface area contributed by atoms with Crippen molar-refractivity contribution in [1.82, 2.24) is 9.97 Å². The maximum absolute atomic E-state index is 13.3. The molecule has 0 spiro atoms. The van der Waals surface area contributed by atoms with Crippen LogP contribution in [0.2, 0.25) is 0 Å². The van der Waals surface area contributed by atoms with Crippen molar-refractivity contribution in [3.63, 3.8) is 0 Å². The highest BCUT2D eigenvalue weighted by Gasteiger charge is 2.21. The van der Waals surface area contributed by atoms with Crippen LogP contribution < -0.4 is 5.32 Å². The molecule has 1 aliphatic rings. The van der Waals surface area contributed by atoms with Crippen LogP contribution in [0.4, 0.5) is 16.0 Å². The molecule has 21 heavy (non-hydrogen) atoms. The molecule has 2 aromatic carbocycles. The minimum atomic E-state index is -0.211. The van der Waals surface area contributed by atoms with E-state index in [1.54, 1.807) is 12.1 Å². The number of hydrogen-bond donors (Lipinski definition) is 1. The first-order valence-electron chi connectivity index (χ1n) is 6.76. The summed E-state index contributed by atoms with van der Waals surface area (Å²) in [5.41, 5.74) is 4.82. The number of aromatic nitrogens is 2. The van der Waals surface area contributed by atoms with Crippen molar-refractivity contribution in [2.45, 2.75) is 6.42 Å². The topological polar surface area (TPSA) is 37.8 Å². The number of rotatable bonds is 2. The van der Waals surface area contributed by atoms with Crippen molar-refractivity contribution >= 4 is 11.6 Å². The normalized spacial score (nSPS) is 11.9. The van der Waals surface area contributed by atoms with Crippen molar-refractivity contribution in [1.29, 1.82) is 0 Å². The third kappa shape index (κ3) is 2.14. The number of fused-ring (bicyclic) bond motifs is 3. The van der Waals surface area contributed by atoms with Gasteiger partial charge in [-0.15, -0.1) is 0 Å². The molecule has 0 saturated carbocycles. The molecule has 1 aromatic heterocycles. The van der Waals surface area contributed by atoms with Crippen LogP contribution in [-0.2, 0) is 6.42 Å². The maximum Gasteiger partial charge on any atom is 0.227 e. The van der Waals surface area contributed by atoms with Crippen LogP contribution in [-0.4, -0.2) is 9.97 Å². The van der Waals surface area contributed by atoms with Gasteiger partial charge in [0.1, 0.15) is 5.82 Å². The summed E-state index contributed by atoms with van der Waals surface area (Å²) in [5.74, 6) is 0.342. The van der Waals surface area contributed by atoms with E-state index in [4.69, 9.17) is 0 Å². The lowest BCUT2D eigenvalue weighted by Gasteiger charge is -2.06. The lowest BCUT2D eigenvalue weighted by atomic mass is 10.1. The molecule has 0 bridgehead atoms. The number of nitrogens with one attached hydrogen (secondary N) is 1. The Morgan fingerprint density at radius 2 is 1.86 bits per heavy atom. The molecule has 0 saturated heterocycles. The van der Waals surface area contributed by atoms with Crippen LogP contribution in [0.3, 0.4) is 0 Å². The Balaban J connectivity index is 1.72. The highest BCUT2D eigenvalue weighted by atomic mass is 19.1. The minimum absolute atomic E-state index is 0.211. The number of para-hydroxylation sites is 1. The van der Waals surface area contributed by atoms with Crippen LogP contribution in [0.25, 0.3) is 11.3 Å². The number of hydrogen-bond acceptors (Lipinski definition) is 3. The van der Waals surface area contributed by atoms with Crippen LogP contribution in [0, 0.1) is 5.82 Å². The first-order chi connectivity index (χ1) is 10.3. The van der Waals surface area contributed by atoms with Gasteiger partial charge in [0.05, 0.1) is 5.69 Å². The Hall–Kier alpha value is -2.75. The SMILES string of the molecule is Fc1ccc2c(c1)Cc1cnc(Nc3ccccc3)nc1-2. The molecule has 1 aliphatic carbocycles. The van der Waals surface area contributed by atoms with E-state index in [9.17, 15) is 4.39 Å². The van der Waals surface area contributed by atoms with Crippen molar-refractivity contribution in [2.75, 3.05) is 5.32 Å². The standard InChI is InChI=1S/C17H12FN3/c18-13-6-7-15-11(9-13)8-12-10-19-17(21-16(12)15)20-14-4-2-1-3-5-14/h1-7,9-10H,8H2,(H,19,20,21). The molecular weight excluding hydrogens is 265 g/mol. The number of anilines is 2. The van der Waals surface area contributed by atoms with Crippen LogP contribution in [0.1, 0.15) is 11.1 Å². The third-order valence-corrected chi connectivity index (χ3v) is 3.60. The molecule has 1 heterocycles. The molecule has 0 unspecified atom stereocenters. The van der Waals surface area contributed by atoms with E-state index in [0.29, 0.717) is 12.4 Å². The number of benzene rings is 2. The number of halogens is 1. The molecule has 0 amide bonds. The van der Waals surface area contributed by atoms with Crippen LogP contribution in [0.15, 0.2) is 54.7 Å². The van der Waals surface area contributed by atoms with E-state index in [0.717, 1.165) is 28.1 Å². The quantitative estimate of drug-likeness (QED) is 0.603. The fourth-order valence-electron chi connectivity index (χ4n) is 2.62. The Morgan fingerprint density at radius 3 is 2.71 bits per heavy atom. The van der Waals surface area contributed by atoms with Crippen LogP contribution in [0.5, 0.6) is 0 Å². The van der Waals surface area contributed by atoms with Gasteiger partial charge in [-0.1, -0.05) is 18.2 Å². The molecule has 3 aromatic rings. The lowest BCUT2D eigenvalue weighted by molar-refractivity contribution is 0.626. The Morgan fingerprint density at radius 1 is 1.00 bits per heavy atom. The Bertz CT molecular complexity index is 816. The Labute approximate surface area is 121 Å². The predicted molar refractivity (Wildman–Crippen MR) is 80.0 cm³/mol. The smallest absolute Gasteiger partial charge is 0.227 e. The molecule has 4 heteroatoms. The molecule has 0 aliphatic heterocycles. The van der Waals surface area contributed by atoms with Gasteiger partial charge < -0.3 is 5.32 Å². The molecule has 0 atom stereocenters. The summed E-state index contributed by atoms with van der Waals surface area (Å²) >= 11 is 0.